The molecule has 0 aliphatic heterocycles. The molecule has 4 aromatic heterocycles. The predicted octanol–water partition coefficient (Wildman–Crippen LogP) is 4.76. The van der Waals surface area contributed by atoms with Crippen LogP contribution in [-0.2, 0) is 0 Å². The van der Waals surface area contributed by atoms with Crippen LogP contribution in [0.25, 0.3) is 30.8 Å². The fraction of sp³-hybridized carbons (Fsp3) is 0. The Labute approximate surface area is 161 Å². The Balaban J connectivity index is 0.00000132. The van der Waals surface area contributed by atoms with E-state index in [9.17, 15) is 0 Å². The molecule has 0 radical (unpaired) electrons. The Hall–Kier alpha value is 0.310. The van der Waals surface area contributed by atoms with Crippen LogP contribution in [0.5, 0.6) is 0 Å². The Bertz CT molecular complexity index is 748. The van der Waals surface area contributed by atoms with E-state index in [2.05, 4.69) is 52.5 Å². The second kappa shape index (κ2) is 7.25. The van der Waals surface area contributed by atoms with Gasteiger partial charge in [-0.25, -0.2) is 0 Å². The normalized spacial score (nSPS) is 11.2. The molecule has 6 heteroatoms. The van der Waals surface area contributed by atoms with E-state index >= 15 is 0 Å². The molecule has 0 N–H and O–H groups in total. The number of rotatable bonds is 3. The standard InChI is InChI=1S/C15H9P2S3.Na/c1-4-10(18-7-1)13-14(11-5-2-8-19-11)16-17-15(13)12-6-3-9-20-12;/h1-9H;/q-1;+1. The Morgan fingerprint density at radius 2 is 1.33 bits per heavy atom. The minimum absolute atomic E-state index is 0. The topological polar surface area (TPSA) is 0 Å². The molecule has 0 unspecified atom stereocenters. The summed E-state index contributed by atoms with van der Waals surface area (Å²) < 4.78 is 0. The summed E-state index contributed by atoms with van der Waals surface area (Å²) >= 11 is 5.54. The van der Waals surface area contributed by atoms with Crippen LogP contribution in [0, 0.1) is 0 Å². The molecule has 0 aliphatic carbocycles. The van der Waals surface area contributed by atoms with Gasteiger partial charge in [-0.05, 0) is 45.2 Å². The van der Waals surface area contributed by atoms with E-state index in [0.29, 0.717) is 0 Å². The molecule has 21 heavy (non-hydrogen) atoms. The zero-order valence-electron chi connectivity index (χ0n) is 11.3. The molecule has 98 valence electrons. The van der Waals surface area contributed by atoms with Crippen LogP contribution < -0.4 is 29.6 Å². The van der Waals surface area contributed by atoms with E-state index in [4.69, 9.17) is 0 Å². The van der Waals surface area contributed by atoms with Crippen molar-refractivity contribution in [1.29, 1.82) is 0 Å². The van der Waals surface area contributed by atoms with Gasteiger partial charge in [0.1, 0.15) is 0 Å². The van der Waals surface area contributed by atoms with Crippen molar-refractivity contribution in [2.24, 2.45) is 0 Å². The van der Waals surface area contributed by atoms with E-state index in [1.165, 1.54) is 46.5 Å². The first-order valence-electron chi connectivity index (χ1n) is 6.08. The SMILES string of the molecule is [Na+].c1csc(-c2p[p-]c(-c3cccs3)c2-c2cccs2)c1. The van der Waals surface area contributed by atoms with Crippen LogP contribution in [0.15, 0.2) is 52.5 Å². The van der Waals surface area contributed by atoms with Gasteiger partial charge in [-0.15, -0.1) is 34.0 Å². The van der Waals surface area contributed by atoms with E-state index in [1.54, 1.807) is 0 Å². The van der Waals surface area contributed by atoms with Crippen LogP contribution >= 0.6 is 49.7 Å². The number of hydrogen-bond donors (Lipinski definition) is 0. The first kappa shape index (κ1) is 16.2. The molecule has 0 atom stereocenters. The molecule has 0 aliphatic rings. The molecule has 0 amide bonds. The third kappa shape index (κ3) is 3.17. The fourth-order valence-corrected chi connectivity index (χ4v) is 8.56. The summed E-state index contributed by atoms with van der Waals surface area (Å²) in [5.41, 5.74) is 1.47. The van der Waals surface area contributed by atoms with Gasteiger partial charge in [0, 0.05) is 14.6 Å². The maximum atomic E-state index is 2.25. The second-order valence-electron chi connectivity index (χ2n) is 4.20. The van der Waals surface area contributed by atoms with Gasteiger partial charge >= 0.3 is 29.6 Å². The Morgan fingerprint density at radius 3 is 1.90 bits per heavy atom. The van der Waals surface area contributed by atoms with Gasteiger partial charge in [-0.1, -0.05) is 18.2 Å². The van der Waals surface area contributed by atoms with E-state index < -0.39 is 0 Å². The van der Waals surface area contributed by atoms with Crippen molar-refractivity contribution < 1.29 is 29.6 Å². The van der Waals surface area contributed by atoms with E-state index in [1.807, 2.05) is 34.0 Å². The van der Waals surface area contributed by atoms with Crippen LogP contribution in [0.2, 0.25) is 0 Å². The number of thiophene rings is 3. The monoisotopic (exact) mass is 370 g/mol. The molecule has 0 fully saturated rings. The Morgan fingerprint density at radius 1 is 0.762 bits per heavy atom. The molecule has 0 saturated carbocycles. The zero-order valence-corrected chi connectivity index (χ0v) is 17.6. The first-order valence-corrected chi connectivity index (χ1v) is 11.2. The molecule has 4 heterocycles. The van der Waals surface area contributed by atoms with Gasteiger partial charge in [0.15, 0.2) is 0 Å². The molecule has 0 saturated heterocycles. The largest absolute Gasteiger partial charge is 1.00 e. The zero-order chi connectivity index (χ0) is 13.4. The average molecular weight is 370 g/mol. The minimum Gasteiger partial charge on any atom is -0.487 e. The van der Waals surface area contributed by atoms with Crippen molar-refractivity contribution in [2.75, 3.05) is 0 Å². The van der Waals surface area contributed by atoms with Crippen LogP contribution in [0.3, 0.4) is 0 Å². The van der Waals surface area contributed by atoms with Crippen LogP contribution in [0.4, 0.5) is 0 Å². The van der Waals surface area contributed by atoms with Crippen LogP contribution in [-0.4, -0.2) is 0 Å². The summed E-state index contributed by atoms with van der Waals surface area (Å²) in [6.45, 7) is 0. The maximum absolute atomic E-state index is 2.25. The molecule has 4 aromatic rings. The summed E-state index contributed by atoms with van der Waals surface area (Å²) in [5.74, 6) is 0. The van der Waals surface area contributed by atoms with Crippen molar-refractivity contribution in [3.8, 4) is 30.8 Å². The fourth-order valence-electron chi connectivity index (χ4n) is 2.14. The van der Waals surface area contributed by atoms with Gasteiger partial charge < -0.3 is 7.87 Å². The molecule has 0 aromatic carbocycles. The molecule has 0 nitrogen and oxygen atoms in total. The first-order chi connectivity index (χ1) is 9.93. The van der Waals surface area contributed by atoms with Gasteiger partial charge in [-0.3, -0.25) is 7.87 Å². The summed E-state index contributed by atoms with van der Waals surface area (Å²) in [6.07, 6.45) is 0. The van der Waals surface area contributed by atoms with Crippen molar-refractivity contribution in [3.05, 3.63) is 52.5 Å². The summed E-state index contributed by atoms with van der Waals surface area (Å²) in [5, 5.41) is 9.50. The van der Waals surface area contributed by atoms with Crippen molar-refractivity contribution in [2.45, 2.75) is 0 Å². The van der Waals surface area contributed by atoms with Gasteiger partial charge in [-0.2, -0.15) is 5.30 Å². The van der Waals surface area contributed by atoms with E-state index in [-0.39, 0.29) is 29.6 Å². The summed E-state index contributed by atoms with van der Waals surface area (Å²) in [6, 6.07) is 13.2. The third-order valence-electron chi connectivity index (χ3n) is 3.00. The van der Waals surface area contributed by atoms with E-state index in [0.717, 1.165) is 0 Å². The Kier molecular flexibility index (Phi) is 5.59. The van der Waals surface area contributed by atoms with Gasteiger partial charge in [0.05, 0.1) is 0 Å². The summed E-state index contributed by atoms with van der Waals surface area (Å²) in [4.78, 5) is 4.22. The quantitative estimate of drug-likeness (QED) is 0.457. The maximum Gasteiger partial charge on any atom is 1.00 e. The van der Waals surface area contributed by atoms with Crippen molar-refractivity contribution >= 4 is 49.7 Å². The van der Waals surface area contributed by atoms with Gasteiger partial charge in [0.25, 0.3) is 0 Å². The van der Waals surface area contributed by atoms with Crippen molar-refractivity contribution in [3.63, 3.8) is 0 Å². The predicted molar refractivity (Wildman–Crippen MR) is 97.0 cm³/mol. The minimum atomic E-state index is 0. The van der Waals surface area contributed by atoms with Crippen LogP contribution in [0.1, 0.15) is 0 Å². The molecule has 0 bridgehead atoms. The van der Waals surface area contributed by atoms with Crippen molar-refractivity contribution in [1.82, 2.24) is 0 Å². The van der Waals surface area contributed by atoms with Gasteiger partial charge in [0.2, 0.25) is 0 Å². The smallest absolute Gasteiger partial charge is 0.487 e. The molecular formula is C15H9NaP2S3. The molecule has 4 rings (SSSR count). The average Bonchev–Trinajstić information content (AvgIpc) is 3.23. The molecular weight excluding hydrogens is 361 g/mol. The molecule has 0 spiro atoms. The number of hydrogen-bond acceptors (Lipinski definition) is 3. The third-order valence-corrected chi connectivity index (χ3v) is 8.89. The second-order valence-corrected chi connectivity index (χ2v) is 9.54. The summed E-state index contributed by atoms with van der Waals surface area (Å²) in [7, 11) is 2.82.